The van der Waals surface area contributed by atoms with E-state index in [1.807, 2.05) is 36.4 Å². The minimum Gasteiger partial charge on any atom is -0.460 e. The Kier molecular flexibility index (Phi) is 5.23. The summed E-state index contributed by atoms with van der Waals surface area (Å²) in [5, 5.41) is 8.82. The quantitative estimate of drug-likeness (QED) is 0.406. The first-order valence-electron chi connectivity index (χ1n) is 7.81. The molecule has 0 fully saturated rings. The van der Waals surface area contributed by atoms with Gasteiger partial charge in [0.2, 0.25) is 0 Å². The van der Waals surface area contributed by atoms with Gasteiger partial charge >= 0.3 is 12.0 Å². The van der Waals surface area contributed by atoms with E-state index in [9.17, 15) is 14.4 Å². The van der Waals surface area contributed by atoms with Crippen LogP contribution in [0.3, 0.4) is 0 Å². The number of hydrogen-bond donors (Lipinski definition) is 2. The van der Waals surface area contributed by atoms with Gasteiger partial charge in [0, 0.05) is 10.8 Å². The third kappa shape index (κ3) is 3.86. The van der Waals surface area contributed by atoms with E-state index in [1.54, 1.807) is 13.0 Å². The van der Waals surface area contributed by atoms with Crippen molar-refractivity contribution in [2.24, 2.45) is 0 Å². The number of carbonyl (C=O) groups excluding carboxylic acids is 3. The summed E-state index contributed by atoms with van der Waals surface area (Å²) in [7, 11) is 0. The number of ether oxygens (including phenoxy) is 1. The van der Waals surface area contributed by atoms with Crippen LogP contribution in [0, 0.1) is 0 Å². The van der Waals surface area contributed by atoms with Crippen molar-refractivity contribution in [2.45, 2.75) is 6.92 Å². The Balaban J connectivity index is 1.69. The first kappa shape index (κ1) is 17.6. The molecule has 0 aliphatic heterocycles. The van der Waals surface area contributed by atoms with Gasteiger partial charge in [-0.1, -0.05) is 36.4 Å². The first-order chi connectivity index (χ1) is 12.6. The number of fused-ring (bicyclic) bond motifs is 1. The summed E-state index contributed by atoms with van der Waals surface area (Å²) in [4.78, 5) is 39.4. The van der Waals surface area contributed by atoms with Crippen LogP contribution < -0.4 is 10.6 Å². The second kappa shape index (κ2) is 7.75. The molecule has 26 heavy (non-hydrogen) atoms. The number of carbonyl (C=O) groups is 3. The smallest absolute Gasteiger partial charge is 0.381 e. The normalized spacial score (nSPS) is 10.3. The molecule has 1 aromatic heterocycles. The number of aromatic nitrogens is 1. The van der Waals surface area contributed by atoms with E-state index in [4.69, 9.17) is 0 Å². The van der Waals surface area contributed by atoms with E-state index in [1.165, 1.54) is 5.38 Å². The molecule has 8 heteroatoms. The van der Waals surface area contributed by atoms with Gasteiger partial charge < -0.3 is 10.1 Å². The molecule has 0 saturated carbocycles. The number of amides is 2. The molecule has 0 radical (unpaired) electrons. The molecule has 0 saturated heterocycles. The lowest BCUT2D eigenvalue weighted by Gasteiger charge is -2.08. The number of Topliss-reactive ketones (excluding diaryl/α,β-unsaturated/α-hetero) is 1. The molecule has 0 aliphatic carbocycles. The van der Waals surface area contributed by atoms with E-state index in [0.29, 0.717) is 5.69 Å². The summed E-state index contributed by atoms with van der Waals surface area (Å²) in [5.74, 6) is -1.81. The Morgan fingerprint density at radius 2 is 1.85 bits per heavy atom. The summed E-state index contributed by atoms with van der Waals surface area (Å²) in [6.07, 6.45) is 0. The van der Waals surface area contributed by atoms with Gasteiger partial charge in [-0.05, 0) is 18.4 Å². The van der Waals surface area contributed by atoms with E-state index in [-0.39, 0.29) is 17.4 Å². The lowest BCUT2D eigenvalue weighted by molar-refractivity contribution is -0.137. The Bertz CT molecular complexity index is 978. The van der Waals surface area contributed by atoms with Crippen LogP contribution in [0.4, 0.5) is 15.6 Å². The van der Waals surface area contributed by atoms with Crippen LogP contribution in [0.2, 0.25) is 0 Å². The van der Waals surface area contributed by atoms with E-state index in [0.717, 1.165) is 22.1 Å². The molecule has 3 aromatic rings. The average molecular weight is 369 g/mol. The number of nitrogens with one attached hydrogen (secondary N) is 2. The molecular weight excluding hydrogens is 354 g/mol. The SMILES string of the molecule is CCOC(=O)C(=O)c1csc(NC(=O)Nc2cccc3ccccc23)n1. The minimum atomic E-state index is -0.968. The van der Waals surface area contributed by atoms with Crippen LogP contribution in [-0.4, -0.2) is 29.4 Å². The largest absolute Gasteiger partial charge is 0.460 e. The number of hydrogen-bond acceptors (Lipinski definition) is 6. The predicted octanol–water partition coefficient (Wildman–Crippen LogP) is 3.69. The number of rotatable bonds is 5. The highest BCUT2D eigenvalue weighted by Crippen LogP contribution is 2.23. The number of anilines is 2. The Morgan fingerprint density at radius 3 is 2.65 bits per heavy atom. The lowest BCUT2D eigenvalue weighted by atomic mass is 10.1. The molecule has 2 N–H and O–H groups in total. The van der Waals surface area contributed by atoms with Crippen molar-refractivity contribution in [1.29, 1.82) is 0 Å². The number of thiazole rings is 1. The summed E-state index contributed by atoms with van der Waals surface area (Å²) >= 11 is 1.04. The van der Waals surface area contributed by atoms with Crippen LogP contribution in [0.15, 0.2) is 47.8 Å². The molecule has 0 atom stereocenters. The highest BCUT2D eigenvalue weighted by atomic mass is 32.1. The van der Waals surface area contributed by atoms with Crippen LogP contribution in [0.1, 0.15) is 17.4 Å². The van der Waals surface area contributed by atoms with Gasteiger partial charge in [-0.2, -0.15) is 0 Å². The standard InChI is InChI=1S/C18H15N3O4S/c1-2-25-16(23)15(22)14-10-26-18(20-14)21-17(24)19-13-9-5-7-11-6-3-4-8-12(11)13/h3-10H,2H2,1H3,(H2,19,20,21,24). The summed E-state index contributed by atoms with van der Waals surface area (Å²) < 4.78 is 4.64. The van der Waals surface area contributed by atoms with Gasteiger partial charge in [0.15, 0.2) is 5.13 Å². The Labute approximate surface area is 153 Å². The number of benzene rings is 2. The molecule has 1 heterocycles. The third-order valence-corrected chi connectivity index (χ3v) is 4.21. The minimum absolute atomic E-state index is 0.0612. The topological polar surface area (TPSA) is 97.4 Å². The Hall–Kier alpha value is -3.26. The molecule has 0 aliphatic rings. The highest BCUT2D eigenvalue weighted by Gasteiger charge is 2.21. The zero-order valence-electron chi connectivity index (χ0n) is 13.8. The van der Waals surface area contributed by atoms with Gasteiger partial charge in [0.25, 0.3) is 5.78 Å². The fraction of sp³-hybridized carbons (Fsp3) is 0.111. The van der Waals surface area contributed by atoms with Crippen molar-refractivity contribution in [2.75, 3.05) is 17.2 Å². The predicted molar refractivity (Wildman–Crippen MR) is 99.7 cm³/mol. The van der Waals surface area contributed by atoms with Gasteiger partial charge in [-0.3, -0.25) is 10.1 Å². The second-order valence-electron chi connectivity index (χ2n) is 5.19. The molecule has 2 amide bonds. The van der Waals surface area contributed by atoms with Crippen LogP contribution in [0.5, 0.6) is 0 Å². The second-order valence-corrected chi connectivity index (χ2v) is 6.05. The monoisotopic (exact) mass is 369 g/mol. The summed E-state index contributed by atoms with van der Waals surface area (Å²) in [5.41, 5.74) is 0.592. The maximum atomic E-state index is 12.2. The fourth-order valence-electron chi connectivity index (χ4n) is 2.32. The first-order valence-corrected chi connectivity index (χ1v) is 8.69. The number of urea groups is 1. The van der Waals surface area contributed by atoms with E-state index in [2.05, 4.69) is 20.4 Å². The van der Waals surface area contributed by atoms with Crippen LogP contribution in [-0.2, 0) is 9.53 Å². The van der Waals surface area contributed by atoms with Gasteiger partial charge in [-0.25, -0.2) is 14.6 Å². The summed E-state index contributed by atoms with van der Waals surface area (Å²) in [6, 6.07) is 12.8. The van der Waals surface area contributed by atoms with E-state index >= 15 is 0 Å². The number of ketones is 1. The maximum absolute atomic E-state index is 12.2. The van der Waals surface area contributed by atoms with Crippen LogP contribution in [0.25, 0.3) is 10.8 Å². The van der Waals surface area contributed by atoms with Gasteiger partial charge in [0.05, 0.1) is 12.3 Å². The zero-order chi connectivity index (χ0) is 18.5. The number of nitrogens with zero attached hydrogens (tertiary/aromatic N) is 1. The molecule has 3 rings (SSSR count). The van der Waals surface area contributed by atoms with Crippen molar-refractivity contribution >= 4 is 50.7 Å². The Morgan fingerprint density at radius 1 is 1.08 bits per heavy atom. The van der Waals surface area contributed by atoms with Crippen molar-refractivity contribution in [3.05, 3.63) is 53.5 Å². The zero-order valence-corrected chi connectivity index (χ0v) is 14.6. The average Bonchev–Trinajstić information content (AvgIpc) is 3.10. The molecule has 132 valence electrons. The van der Waals surface area contributed by atoms with Crippen molar-refractivity contribution < 1.29 is 19.1 Å². The third-order valence-electron chi connectivity index (χ3n) is 3.46. The van der Waals surface area contributed by atoms with Crippen molar-refractivity contribution in [1.82, 2.24) is 4.98 Å². The molecule has 0 bridgehead atoms. The fourth-order valence-corrected chi connectivity index (χ4v) is 3.01. The van der Waals surface area contributed by atoms with Gasteiger partial charge in [0.1, 0.15) is 5.69 Å². The highest BCUT2D eigenvalue weighted by molar-refractivity contribution is 7.14. The van der Waals surface area contributed by atoms with Crippen molar-refractivity contribution in [3.63, 3.8) is 0 Å². The molecular formula is C18H15N3O4S. The molecule has 0 spiro atoms. The molecule has 0 unspecified atom stereocenters. The summed E-state index contributed by atoms with van der Waals surface area (Å²) in [6.45, 7) is 1.71. The number of esters is 1. The van der Waals surface area contributed by atoms with Crippen LogP contribution >= 0.6 is 11.3 Å². The maximum Gasteiger partial charge on any atom is 0.381 e. The van der Waals surface area contributed by atoms with Gasteiger partial charge in [-0.15, -0.1) is 11.3 Å². The lowest BCUT2D eigenvalue weighted by Crippen LogP contribution is -2.20. The van der Waals surface area contributed by atoms with Crippen molar-refractivity contribution in [3.8, 4) is 0 Å². The van der Waals surface area contributed by atoms with E-state index < -0.39 is 17.8 Å². The molecule has 2 aromatic carbocycles. The molecule has 7 nitrogen and oxygen atoms in total.